The van der Waals surface area contributed by atoms with Gasteiger partial charge in [0.15, 0.2) is 0 Å². The van der Waals surface area contributed by atoms with E-state index in [0.29, 0.717) is 5.75 Å². The Balaban J connectivity index is 1.89. The van der Waals surface area contributed by atoms with E-state index in [1.165, 1.54) is 5.56 Å². The quantitative estimate of drug-likeness (QED) is 0.720. The van der Waals surface area contributed by atoms with Crippen molar-refractivity contribution in [1.82, 2.24) is 5.32 Å². The average molecular weight is 394 g/mol. The Kier molecular flexibility index (Phi) is 6.54. The van der Waals surface area contributed by atoms with E-state index in [-0.39, 0.29) is 11.9 Å². The van der Waals surface area contributed by atoms with Crippen LogP contribution in [0, 0.1) is 6.92 Å². The molecule has 0 aliphatic heterocycles. The van der Waals surface area contributed by atoms with E-state index >= 15 is 0 Å². The van der Waals surface area contributed by atoms with Crippen LogP contribution in [0.5, 0.6) is 5.75 Å². The fourth-order valence-electron chi connectivity index (χ4n) is 2.10. The van der Waals surface area contributed by atoms with Crippen LogP contribution in [0.15, 0.2) is 51.8 Å². The van der Waals surface area contributed by atoms with Gasteiger partial charge in [-0.2, -0.15) is 0 Å². The van der Waals surface area contributed by atoms with Crippen LogP contribution in [0.25, 0.3) is 0 Å². The fourth-order valence-corrected chi connectivity index (χ4v) is 3.37. The summed E-state index contributed by atoms with van der Waals surface area (Å²) in [6.45, 7) is 4.03. The molecule has 1 amide bonds. The monoisotopic (exact) mass is 393 g/mol. The van der Waals surface area contributed by atoms with E-state index in [0.717, 1.165) is 20.7 Å². The molecule has 2 aromatic carbocycles. The lowest BCUT2D eigenvalue weighted by Crippen LogP contribution is -2.28. The number of aryl methyl sites for hydroxylation is 1. The molecule has 1 N–H and O–H groups in total. The Morgan fingerprint density at radius 2 is 1.96 bits per heavy atom. The summed E-state index contributed by atoms with van der Waals surface area (Å²) in [4.78, 5) is 13.2. The van der Waals surface area contributed by atoms with Gasteiger partial charge in [-0.3, -0.25) is 4.79 Å². The van der Waals surface area contributed by atoms with Gasteiger partial charge in [-0.25, -0.2) is 0 Å². The molecule has 1 unspecified atom stereocenters. The maximum Gasteiger partial charge on any atom is 0.230 e. The SMILES string of the molecule is COc1ccc(C(C)NC(=O)CSc2ccc(C)cc2)cc1Br. The molecule has 1 atom stereocenters. The fraction of sp³-hybridized carbons (Fsp3) is 0.278. The zero-order valence-corrected chi connectivity index (χ0v) is 15.8. The predicted octanol–water partition coefficient (Wildman–Crippen LogP) is 4.74. The summed E-state index contributed by atoms with van der Waals surface area (Å²) in [5.41, 5.74) is 2.25. The topological polar surface area (TPSA) is 38.3 Å². The first-order valence-corrected chi connectivity index (χ1v) is 9.09. The van der Waals surface area contributed by atoms with Crippen molar-refractivity contribution in [3.63, 3.8) is 0 Å². The van der Waals surface area contributed by atoms with Crippen molar-refractivity contribution in [2.45, 2.75) is 24.8 Å². The van der Waals surface area contributed by atoms with Gasteiger partial charge in [0.25, 0.3) is 0 Å². The Bertz CT molecular complexity index is 673. The number of nitrogens with one attached hydrogen (secondary N) is 1. The second kappa shape index (κ2) is 8.41. The van der Waals surface area contributed by atoms with Crippen molar-refractivity contribution in [3.05, 3.63) is 58.1 Å². The number of rotatable bonds is 6. The highest BCUT2D eigenvalue weighted by Gasteiger charge is 2.11. The smallest absolute Gasteiger partial charge is 0.230 e. The van der Waals surface area contributed by atoms with Crippen LogP contribution >= 0.6 is 27.7 Å². The van der Waals surface area contributed by atoms with Gasteiger partial charge in [-0.05, 0) is 59.6 Å². The van der Waals surface area contributed by atoms with E-state index in [9.17, 15) is 4.79 Å². The van der Waals surface area contributed by atoms with E-state index < -0.39 is 0 Å². The second-order valence-electron chi connectivity index (χ2n) is 5.28. The molecule has 0 radical (unpaired) electrons. The van der Waals surface area contributed by atoms with Gasteiger partial charge in [0.2, 0.25) is 5.91 Å². The molecular weight excluding hydrogens is 374 g/mol. The standard InChI is InChI=1S/C18H20BrNO2S/c1-12-4-7-15(8-5-12)23-11-18(21)20-13(2)14-6-9-17(22-3)16(19)10-14/h4-10,13H,11H2,1-3H3,(H,20,21). The van der Waals surface area contributed by atoms with Crippen molar-refractivity contribution in [2.75, 3.05) is 12.9 Å². The minimum absolute atomic E-state index is 0.0232. The molecule has 0 aliphatic carbocycles. The van der Waals surface area contributed by atoms with Crippen LogP contribution in [0.4, 0.5) is 0 Å². The minimum Gasteiger partial charge on any atom is -0.496 e. The van der Waals surface area contributed by atoms with E-state index in [4.69, 9.17) is 4.74 Å². The molecule has 0 heterocycles. The van der Waals surface area contributed by atoms with Crippen LogP contribution in [-0.2, 0) is 4.79 Å². The average Bonchev–Trinajstić information content (AvgIpc) is 2.54. The van der Waals surface area contributed by atoms with Crippen molar-refractivity contribution >= 4 is 33.6 Å². The van der Waals surface area contributed by atoms with Crippen LogP contribution in [0.2, 0.25) is 0 Å². The maximum absolute atomic E-state index is 12.1. The molecule has 0 bridgehead atoms. The summed E-state index contributed by atoms with van der Waals surface area (Å²) in [6, 6.07) is 14.0. The van der Waals surface area contributed by atoms with Crippen LogP contribution < -0.4 is 10.1 Å². The van der Waals surface area contributed by atoms with Crippen LogP contribution in [0.1, 0.15) is 24.1 Å². The zero-order valence-electron chi connectivity index (χ0n) is 13.4. The first-order chi connectivity index (χ1) is 11.0. The number of hydrogen-bond donors (Lipinski definition) is 1. The molecule has 5 heteroatoms. The third kappa shape index (κ3) is 5.29. The summed E-state index contributed by atoms with van der Waals surface area (Å²) in [6.07, 6.45) is 0. The lowest BCUT2D eigenvalue weighted by Gasteiger charge is -2.15. The largest absolute Gasteiger partial charge is 0.496 e. The van der Waals surface area contributed by atoms with Crippen molar-refractivity contribution in [2.24, 2.45) is 0 Å². The van der Waals surface area contributed by atoms with E-state index in [1.54, 1.807) is 18.9 Å². The highest BCUT2D eigenvalue weighted by molar-refractivity contribution is 9.10. The molecule has 0 aromatic heterocycles. The van der Waals surface area contributed by atoms with Gasteiger partial charge in [0.1, 0.15) is 5.75 Å². The molecule has 2 rings (SSSR count). The van der Waals surface area contributed by atoms with E-state index in [1.807, 2.05) is 37.3 Å². The molecule has 0 saturated heterocycles. The van der Waals surface area contributed by atoms with Crippen molar-refractivity contribution < 1.29 is 9.53 Å². The van der Waals surface area contributed by atoms with Crippen LogP contribution in [0.3, 0.4) is 0 Å². The number of methoxy groups -OCH3 is 1. The van der Waals surface area contributed by atoms with Crippen LogP contribution in [-0.4, -0.2) is 18.8 Å². The van der Waals surface area contributed by atoms with Gasteiger partial charge in [-0.15, -0.1) is 11.8 Å². The summed E-state index contributed by atoms with van der Waals surface area (Å²) in [5.74, 6) is 1.21. The number of ether oxygens (including phenoxy) is 1. The van der Waals surface area contributed by atoms with Crippen molar-refractivity contribution in [1.29, 1.82) is 0 Å². The Morgan fingerprint density at radius 3 is 2.57 bits per heavy atom. The summed E-state index contributed by atoms with van der Waals surface area (Å²) < 4.78 is 6.10. The molecule has 0 spiro atoms. The molecular formula is C18H20BrNO2S. The molecule has 2 aromatic rings. The van der Waals surface area contributed by atoms with E-state index in [2.05, 4.69) is 40.3 Å². The Labute approximate surface area is 149 Å². The number of halogens is 1. The van der Waals surface area contributed by atoms with Gasteiger partial charge in [0.05, 0.1) is 23.4 Å². The maximum atomic E-state index is 12.1. The number of carbonyl (C=O) groups excluding carboxylic acids is 1. The normalized spacial score (nSPS) is 11.8. The van der Waals surface area contributed by atoms with Gasteiger partial charge in [0, 0.05) is 4.90 Å². The highest BCUT2D eigenvalue weighted by atomic mass is 79.9. The molecule has 3 nitrogen and oxygen atoms in total. The van der Waals surface area contributed by atoms with Crippen molar-refractivity contribution in [3.8, 4) is 5.75 Å². The third-order valence-corrected chi connectivity index (χ3v) is 5.08. The number of benzene rings is 2. The Hall–Kier alpha value is -1.46. The number of carbonyl (C=O) groups is 1. The number of thioether (sulfide) groups is 1. The second-order valence-corrected chi connectivity index (χ2v) is 7.19. The lowest BCUT2D eigenvalue weighted by atomic mass is 10.1. The summed E-state index contributed by atoms with van der Waals surface area (Å²) in [7, 11) is 1.63. The first-order valence-electron chi connectivity index (χ1n) is 7.32. The zero-order chi connectivity index (χ0) is 16.8. The summed E-state index contributed by atoms with van der Waals surface area (Å²) in [5, 5.41) is 3.02. The molecule has 0 fully saturated rings. The molecule has 0 saturated carbocycles. The van der Waals surface area contributed by atoms with Gasteiger partial charge in [-0.1, -0.05) is 23.8 Å². The number of amides is 1. The first kappa shape index (κ1) is 17.9. The van der Waals surface area contributed by atoms with Gasteiger partial charge < -0.3 is 10.1 Å². The summed E-state index contributed by atoms with van der Waals surface area (Å²) >= 11 is 5.01. The Morgan fingerprint density at radius 1 is 1.26 bits per heavy atom. The number of hydrogen-bond acceptors (Lipinski definition) is 3. The molecule has 23 heavy (non-hydrogen) atoms. The highest BCUT2D eigenvalue weighted by Crippen LogP contribution is 2.28. The third-order valence-electron chi connectivity index (χ3n) is 3.44. The predicted molar refractivity (Wildman–Crippen MR) is 99.2 cm³/mol. The molecule has 122 valence electrons. The molecule has 0 aliphatic rings. The lowest BCUT2D eigenvalue weighted by molar-refractivity contribution is -0.119. The minimum atomic E-state index is -0.0525. The van der Waals surface area contributed by atoms with Gasteiger partial charge >= 0.3 is 0 Å².